The third-order valence-electron chi connectivity index (χ3n) is 2.49. The largest absolute Gasteiger partial charge is 0.357 e. The molecule has 2 heteroatoms. The van der Waals surface area contributed by atoms with Crippen molar-refractivity contribution in [3.05, 3.63) is 23.9 Å². The fourth-order valence-electron chi connectivity index (χ4n) is 1.61. The van der Waals surface area contributed by atoms with Crippen LogP contribution in [0.4, 0.5) is 5.82 Å². The molecule has 1 aromatic rings. The Morgan fingerprint density at radius 2 is 1.93 bits per heavy atom. The van der Waals surface area contributed by atoms with Crippen LogP contribution < -0.4 is 4.90 Å². The highest BCUT2D eigenvalue weighted by Gasteiger charge is 2.05. The van der Waals surface area contributed by atoms with Gasteiger partial charge in [0, 0.05) is 19.3 Å². The zero-order valence-corrected chi connectivity index (χ0v) is 10.2. The standard InChI is InChI=1S/C13H22N2/c1-4-6-10-15(9-5-2)13-8-7-12(3)11-14-13/h7-8,11H,4-6,9-10H2,1-3H3. The molecule has 0 saturated heterocycles. The van der Waals surface area contributed by atoms with Gasteiger partial charge in [0.1, 0.15) is 5.82 Å². The highest BCUT2D eigenvalue weighted by molar-refractivity contribution is 5.38. The van der Waals surface area contributed by atoms with E-state index in [1.165, 1.54) is 24.8 Å². The summed E-state index contributed by atoms with van der Waals surface area (Å²) in [5.74, 6) is 1.12. The molecule has 0 unspecified atom stereocenters. The molecule has 0 saturated carbocycles. The number of unbranched alkanes of at least 4 members (excludes halogenated alkanes) is 1. The van der Waals surface area contributed by atoms with E-state index in [1.54, 1.807) is 0 Å². The number of anilines is 1. The first-order valence-electron chi connectivity index (χ1n) is 5.95. The van der Waals surface area contributed by atoms with E-state index in [0.29, 0.717) is 0 Å². The Morgan fingerprint density at radius 1 is 1.13 bits per heavy atom. The van der Waals surface area contributed by atoms with E-state index >= 15 is 0 Å². The van der Waals surface area contributed by atoms with E-state index < -0.39 is 0 Å². The second kappa shape index (κ2) is 6.44. The second-order valence-electron chi connectivity index (χ2n) is 4.03. The molecule has 0 aliphatic carbocycles. The van der Waals surface area contributed by atoms with Crippen LogP contribution in [0.1, 0.15) is 38.7 Å². The number of hydrogen-bond acceptors (Lipinski definition) is 2. The smallest absolute Gasteiger partial charge is 0.128 e. The Labute approximate surface area is 93.3 Å². The maximum absolute atomic E-state index is 4.48. The van der Waals surface area contributed by atoms with Crippen LogP contribution in [0.5, 0.6) is 0 Å². The van der Waals surface area contributed by atoms with Gasteiger partial charge in [-0.25, -0.2) is 4.98 Å². The molecule has 0 aromatic carbocycles. The monoisotopic (exact) mass is 206 g/mol. The first kappa shape index (κ1) is 12.0. The van der Waals surface area contributed by atoms with E-state index in [2.05, 4.69) is 42.8 Å². The van der Waals surface area contributed by atoms with Crippen LogP contribution in [0.2, 0.25) is 0 Å². The summed E-state index contributed by atoms with van der Waals surface area (Å²) in [4.78, 5) is 6.85. The quantitative estimate of drug-likeness (QED) is 0.709. The van der Waals surface area contributed by atoms with Gasteiger partial charge in [-0.15, -0.1) is 0 Å². The second-order valence-corrected chi connectivity index (χ2v) is 4.03. The van der Waals surface area contributed by atoms with Gasteiger partial charge in [-0.05, 0) is 31.4 Å². The van der Waals surface area contributed by atoms with E-state index in [1.807, 2.05) is 6.20 Å². The third kappa shape index (κ3) is 3.90. The summed E-state index contributed by atoms with van der Waals surface area (Å²) in [7, 11) is 0. The van der Waals surface area contributed by atoms with Gasteiger partial charge in [-0.1, -0.05) is 26.3 Å². The van der Waals surface area contributed by atoms with Gasteiger partial charge in [-0.2, -0.15) is 0 Å². The van der Waals surface area contributed by atoms with E-state index in [9.17, 15) is 0 Å². The van der Waals surface area contributed by atoms with Crippen LogP contribution in [0.15, 0.2) is 18.3 Å². The van der Waals surface area contributed by atoms with Gasteiger partial charge in [0.15, 0.2) is 0 Å². The van der Waals surface area contributed by atoms with Crippen LogP contribution in [0.3, 0.4) is 0 Å². The van der Waals surface area contributed by atoms with Gasteiger partial charge in [-0.3, -0.25) is 0 Å². The summed E-state index contributed by atoms with van der Waals surface area (Å²) in [5, 5.41) is 0. The molecule has 0 spiro atoms. The molecule has 2 nitrogen and oxygen atoms in total. The summed E-state index contributed by atoms with van der Waals surface area (Å²) < 4.78 is 0. The van der Waals surface area contributed by atoms with Crippen molar-refractivity contribution in [1.29, 1.82) is 0 Å². The van der Waals surface area contributed by atoms with E-state index in [0.717, 1.165) is 18.9 Å². The number of aromatic nitrogens is 1. The Kier molecular flexibility index (Phi) is 5.16. The van der Waals surface area contributed by atoms with Crippen LogP contribution in [-0.2, 0) is 0 Å². The zero-order valence-electron chi connectivity index (χ0n) is 10.2. The molecule has 1 rings (SSSR count). The Bertz CT molecular complexity index is 266. The average Bonchev–Trinajstić information content (AvgIpc) is 2.25. The third-order valence-corrected chi connectivity index (χ3v) is 2.49. The van der Waals surface area contributed by atoms with Crippen molar-refractivity contribution in [2.45, 2.75) is 40.0 Å². The highest BCUT2D eigenvalue weighted by atomic mass is 15.2. The minimum absolute atomic E-state index is 1.11. The first-order chi connectivity index (χ1) is 7.27. The molecule has 15 heavy (non-hydrogen) atoms. The van der Waals surface area contributed by atoms with Crippen molar-refractivity contribution in [1.82, 2.24) is 4.98 Å². The molecular weight excluding hydrogens is 184 g/mol. The Hall–Kier alpha value is -1.05. The van der Waals surface area contributed by atoms with Crippen molar-refractivity contribution in [2.24, 2.45) is 0 Å². The molecular formula is C13H22N2. The molecule has 0 amide bonds. The van der Waals surface area contributed by atoms with Gasteiger partial charge in [0.2, 0.25) is 0 Å². The summed E-state index contributed by atoms with van der Waals surface area (Å²) in [6, 6.07) is 4.26. The number of nitrogens with zero attached hydrogens (tertiary/aromatic N) is 2. The average molecular weight is 206 g/mol. The van der Waals surface area contributed by atoms with Crippen molar-refractivity contribution in [2.75, 3.05) is 18.0 Å². The maximum Gasteiger partial charge on any atom is 0.128 e. The van der Waals surface area contributed by atoms with Gasteiger partial charge < -0.3 is 4.90 Å². The van der Waals surface area contributed by atoms with E-state index in [4.69, 9.17) is 0 Å². The van der Waals surface area contributed by atoms with Crippen molar-refractivity contribution in [3.63, 3.8) is 0 Å². The minimum Gasteiger partial charge on any atom is -0.357 e. The molecule has 1 aromatic heterocycles. The molecule has 0 fully saturated rings. The van der Waals surface area contributed by atoms with Crippen molar-refractivity contribution >= 4 is 5.82 Å². The molecule has 0 aliphatic rings. The Morgan fingerprint density at radius 3 is 2.47 bits per heavy atom. The zero-order chi connectivity index (χ0) is 11.1. The number of rotatable bonds is 6. The first-order valence-corrected chi connectivity index (χ1v) is 5.95. The highest BCUT2D eigenvalue weighted by Crippen LogP contribution is 2.12. The SMILES string of the molecule is CCCCN(CCC)c1ccc(C)cn1. The number of pyridine rings is 1. The molecule has 0 bridgehead atoms. The van der Waals surface area contributed by atoms with Crippen molar-refractivity contribution in [3.8, 4) is 0 Å². The van der Waals surface area contributed by atoms with Gasteiger partial charge in [0.25, 0.3) is 0 Å². The predicted octanol–water partition coefficient (Wildman–Crippen LogP) is 3.41. The van der Waals surface area contributed by atoms with Crippen LogP contribution in [-0.4, -0.2) is 18.1 Å². The van der Waals surface area contributed by atoms with Crippen LogP contribution in [0, 0.1) is 6.92 Å². The maximum atomic E-state index is 4.48. The van der Waals surface area contributed by atoms with Gasteiger partial charge in [0.05, 0.1) is 0 Å². The van der Waals surface area contributed by atoms with Crippen LogP contribution >= 0.6 is 0 Å². The molecule has 0 atom stereocenters. The molecule has 0 N–H and O–H groups in total. The lowest BCUT2D eigenvalue weighted by atomic mass is 10.2. The number of hydrogen-bond donors (Lipinski definition) is 0. The van der Waals surface area contributed by atoms with E-state index in [-0.39, 0.29) is 0 Å². The molecule has 1 heterocycles. The topological polar surface area (TPSA) is 16.1 Å². The number of aryl methyl sites for hydroxylation is 1. The lowest BCUT2D eigenvalue weighted by Gasteiger charge is -2.22. The molecule has 0 radical (unpaired) electrons. The summed E-state index contributed by atoms with van der Waals surface area (Å²) >= 11 is 0. The molecule has 0 aliphatic heterocycles. The van der Waals surface area contributed by atoms with Crippen LogP contribution in [0.25, 0.3) is 0 Å². The Balaban J connectivity index is 2.65. The summed E-state index contributed by atoms with van der Waals surface area (Å²) in [5.41, 5.74) is 1.23. The summed E-state index contributed by atoms with van der Waals surface area (Å²) in [6.07, 6.45) is 5.62. The summed E-state index contributed by atoms with van der Waals surface area (Å²) in [6.45, 7) is 8.75. The lowest BCUT2D eigenvalue weighted by Crippen LogP contribution is -2.26. The lowest BCUT2D eigenvalue weighted by molar-refractivity contribution is 0.696. The van der Waals surface area contributed by atoms with Gasteiger partial charge >= 0.3 is 0 Å². The fourth-order valence-corrected chi connectivity index (χ4v) is 1.61. The molecule has 84 valence electrons. The van der Waals surface area contributed by atoms with Crippen molar-refractivity contribution < 1.29 is 0 Å². The minimum atomic E-state index is 1.11. The fraction of sp³-hybridized carbons (Fsp3) is 0.615. The normalized spacial score (nSPS) is 10.3. The predicted molar refractivity (Wildman–Crippen MR) is 66.4 cm³/mol.